The van der Waals surface area contributed by atoms with Crippen molar-refractivity contribution in [3.8, 4) is 11.5 Å². The standard InChI is InChI=1S/C24H17Cl2N3O5S/c1-33-21-8-14(2-6-20(21)34-13-15-3-4-17(25)11-19(15)26)12-27-28-24(30)23-10-16-9-18(29(31)32)5-7-22(16)35-23/h2-12H,13H2,1H3,(H,28,30)/b27-12-. The second-order valence-corrected chi connectivity index (χ2v) is 9.15. The zero-order chi connectivity index (χ0) is 24.9. The number of ether oxygens (including phenoxy) is 2. The van der Waals surface area contributed by atoms with Gasteiger partial charge in [-0.25, -0.2) is 5.43 Å². The number of nitro groups is 1. The van der Waals surface area contributed by atoms with Crippen LogP contribution in [0.4, 0.5) is 5.69 Å². The van der Waals surface area contributed by atoms with E-state index in [1.165, 1.54) is 36.8 Å². The highest BCUT2D eigenvalue weighted by Crippen LogP contribution is 2.30. The summed E-state index contributed by atoms with van der Waals surface area (Å²) in [7, 11) is 1.52. The van der Waals surface area contributed by atoms with E-state index in [0.717, 1.165) is 10.3 Å². The van der Waals surface area contributed by atoms with Crippen LogP contribution in [0.5, 0.6) is 11.5 Å². The molecule has 0 saturated carbocycles. The van der Waals surface area contributed by atoms with Crippen LogP contribution in [-0.4, -0.2) is 24.2 Å². The van der Waals surface area contributed by atoms with Gasteiger partial charge >= 0.3 is 0 Å². The summed E-state index contributed by atoms with van der Waals surface area (Å²) < 4.78 is 12.0. The number of rotatable bonds is 8. The highest BCUT2D eigenvalue weighted by Gasteiger charge is 2.13. The second-order valence-electron chi connectivity index (χ2n) is 7.22. The summed E-state index contributed by atoms with van der Waals surface area (Å²) in [6, 6.07) is 16.4. The van der Waals surface area contributed by atoms with Gasteiger partial charge in [0.1, 0.15) is 6.61 Å². The zero-order valence-corrected chi connectivity index (χ0v) is 20.5. The Morgan fingerprint density at radius 3 is 2.69 bits per heavy atom. The number of nitrogens with zero attached hydrogens (tertiary/aromatic N) is 2. The number of fused-ring (bicyclic) bond motifs is 1. The molecule has 178 valence electrons. The highest BCUT2D eigenvalue weighted by atomic mass is 35.5. The van der Waals surface area contributed by atoms with Crippen LogP contribution in [0.25, 0.3) is 10.1 Å². The summed E-state index contributed by atoms with van der Waals surface area (Å²) in [5.41, 5.74) is 3.89. The average molecular weight is 530 g/mol. The molecular formula is C24H17Cl2N3O5S. The molecule has 4 aromatic rings. The third-order valence-electron chi connectivity index (χ3n) is 4.90. The maximum atomic E-state index is 12.5. The fraction of sp³-hybridized carbons (Fsp3) is 0.0833. The van der Waals surface area contributed by atoms with E-state index < -0.39 is 10.8 Å². The molecule has 0 spiro atoms. The number of hydrogen-bond acceptors (Lipinski definition) is 7. The lowest BCUT2D eigenvalue weighted by Gasteiger charge is -2.12. The highest BCUT2D eigenvalue weighted by molar-refractivity contribution is 7.20. The number of benzene rings is 3. The fourth-order valence-corrected chi connectivity index (χ4v) is 4.55. The molecule has 0 aliphatic rings. The van der Waals surface area contributed by atoms with Crippen LogP contribution in [0.15, 0.2) is 65.8 Å². The molecule has 35 heavy (non-hydrogen) atoms. The third kappa shape index (κ3) is 5.89. The van der Waals surface area contributed by atoms with Gasteiger partial charge < -0.3 is 9.47 Å². The molecule has 11 heteroatoms. The number of carbonyl (C=O) groups excluding carboxylic acids is 1. The quantitative estimate of drug-likeness (QED) is 0.160. The number of carbonyl (C=O) groups is 1. The Labute approximate surface area is 213 Å². The second kappa shape index (κ2) is 10.7. The van der Waals surface area contributed by atoms with Crippen molar-refractivity contribution in [2.45, 2.75) is 6.61 Å². The molecule has 1 aromatic heterocycles. The summed E-state index contributed by atoms with van der Waals surface area (Å²) >= 11 is 13.3. The molecule has 0 bridgehead atoms. The number of non-ortho nitro benzene ring substituents is 1. The number of nitro benzene ring substituents is 1. The van der Waals surface area contributed by atoms with Gasteiger partial charge in [-0.15, -0.1) is 11.3 Å². The van der Waals surface area contributed by atoms with E-state index in [4.69, 9.17) is 32.7 Å². The molecule has 1 amide bonds. The largest absolute Gasteiger partial charge is 0.493 e. The van der Waals surface area contributed by atoms with Crippen LogP contribution in [0.2, 0.25) is 10.0 Å². The Hall–Kier alpha value is -3.66. The summed E-state index contributed by atoms with van der Waals surface area (Å²) in [5, 5.41) is 16.6. The van der Waals surface area contributed by atoms with Crippen LogP contribution < -0.4 is 14.9 Å². The predicted octanol–water partition coefficient (Wildman–Crippen LogP) is 6.47. The summed E-state index contributed by atoms with van der Waals surface area (Å²) in [5.74, 6) is 0.576. The van der Waals surface area contributed by atoms with E-state index >= 15 is 0 Å². The molecule has 4 rings (SSSR count). The number of methoxy groups -OCH3 is 1. The first-order chi connectivity index (χ1) is 16.8. The van der Waals surface area contributed by atoms with Gasteiger partial charge in [-0.1, -0.05) is 29.3 Å². The van der Waals surface area contributed by atoms with Crippen molar-refractivity contribution in [3.05, 3.63) is 96.8 Å². The Balaban J connectivity index is 1.41. The Morgan fingerprint density at radius 2 is 1.94 bits per heavy atom. The molecule has 1 N–H and O–H groups in total. The monoisotopic (exact) mass is 529 g/mol. The van der Waals surface area contributed by atoms with E-state index in [9.17, 15) is 14.9 Å². The van der Waals surface area contributed by atoms with Crippen molar-refractivity contribution in [3.63, 3.8) is 0 Å². The number of nitrogens with one attached hydrogen (secondary N) is 1. The van der Waals surface area contributed by atoms with E-state index in [0.29, 0.717) is 37.4 Å². The van der Waals surface area contributed by atoms with E-state index in [-0.39, 0.29) is 12.3 Å². The van der Waals surface area contributed by atoms with Crippen LogP contribution in [0.3, 0.4) is 0 Å². The van der Waals surface area contributed by atoms with Gasteiger partial charge in [-0.05, 0) is 48.0 Å². The Kier molecular flexibility index (Phi) is 7.50. The first kappa shape index (κ1) is 24.5. The van der Waals surface area contributed by atoms with E-state index in [1.54, 1.807) is 48.5 Å². The smallest absolute Gasteiger partial charge is 0.281 e. The molecular weight excluding hydrogens is 513 g/mol. The molecule has 8 nitrogen and oxygen atoms in total. The molecule has 1 heterocycles. The Morgan fingerprint density at radius 1 is 1.11 bits per heavy atom. The lowest BCUT2D eigenvalue weighted by molar-refractivity contribution is -0.384. The SMILES string of the molecule is COc1cc(/C=N\NC(=O)c2cc3cc([N+](=O)[O-])ccc3s2)ccc1OCc1ccc(Cl)cc1Cl. The number of hydrogen-bond donors (Lipinski definition) is 1. The molecule has 0 atom stereocenters. The Bertz CT molecular complexity index is 1450. The van der Waals surface area contributed by atoms with Gasteiger partial charge in [-0.2, -0.15) is 5.10 Å². The van der Waals surface area contributed by atoms with Crippen molar-refractivity contribution in [2.24, 2.45) is 5.10 Å². The van der Waals surface area contributed by atoms with Gasteiger partial charge in [0.2, 0.25) is 0 Å². The fourth-order valence-electron chi connectivity index (χ4n) is 3.15. The van der Waals surface area contributed by atoms with Crippen molar-refractivity contribution < 1.29 is 19.2 Å². The molecule has 0 saturated heterocycles. The minimum Gasteiger partial charge on any atom is -0.493 e. The van der Waals surface area contributed by atoms with E-state index in [2.05, 4.69) is 10.5 Å². The van der Waals surface area contributed by atoms with Gasteiger partial charge in [0.25, 0.3) is 11.6 Å². The topological polar surface area (TPSA) is 103 Å². The molecule has 0 radical (unpaired) electrons. The van der Waals surface area contributed by atoms with Crippen molar-refractivity contribution >= 4 is 62.4 Å². The van der Waals surface area contributed by atoms with Crippen molar-refractivity contribution in [1.82, 2.24) is 5.43 Å². The number of hydrazone groups is 1. The first-order valence-electron chi connectivity index (χ1n) is 10.1. The number of amides is 1. The van der Waals surface area contributed by atoms with Crippen LogP contribution in [-0.2, 0) is 6.61 Å². The lowest BCUT2D eigenvalue weighted by atomic mass is 10.2. The van der Waals surface area contributed by atoms with Gasteiger partial charge in [-0.3, -0.25) is 14.9 Å². The predicted molar refractivity (Wildman–Crippen MR) is 137 cm³/mol. The number of thiophene rings is 1. The normalized spacial score (nSPS) is 11.1. The van der Waals surface area contributed by atoms with Gasteiger partial charge in [0.15, 0.2) is 11.5 Å². The van der Waals surface area contributed by atoms with Gasteiger partial charge in [0, 0.05) is 37.8 Å². The summed E-state index contributed by atoms with van der Waals surface area (Å²) in [6.45, 7) is 0.230. The lowest BCUT2D eigenvalue weighted by Crippen LogP contribution is -2.16. The van der Waals surface area contributed by atoms with Crippen molar-refractivity contribution in [1.29, 1.82) is 0 Å². The van der Waals surface area contributed by atoms with Crippen LogP contribution in [0.1, 0.15) is 20.8 Å². The van der Waals surface area contributed by atoms with Crippen LogP contribution in [0, 0.1) is 10.1 Å². The summed E-state index contributed by atoms with van der Waals surface area (Å²) in [6.07, 6.45) is 1.47. The van der Waals surface area contributed by atoms with Crippen molar-refractivity contribution in [2.75, 3.05) is 7.11 Å². The van der Waals surface area contributed by atoms with Crippen LogP contribution >= 0.6 is 34.5 Å². The molecule has 0 aliphatic heterocycles. The first-order valence-corrected chi connectivity index (χ1v) is 11.7. The minimum atomic E-state index is -0.474. The molecule has 0 aliphatic carbocycles. The third-order valence-corrected chi connectivity index (χ3v) is 6.60. The van der Waals surface area contributed by atoms with Gasteiger partial charge in [0.05, 0.1) is 23.1 Å². The molecule has 3 aromatic carbocycles. The zero-order valence-electron chi connectivity index (χ0n) is 18.2. The molecule has 0 fully saturated rings. The average Bonchev–Trinajstić information content (AvgIpc) is 3.27. The maximum absolute atomic E-state index is 12.5. The number of halogens is 2. The minimum absolute atomic E-state index is 0.0297. The maximum Gasteiger partial charge on any atom is 0.281 e. The summed E-state index contributed by atoms with van der Waals surface area (Å²) in [4.78, 5) is 23.3. The van der Waals surface area contributed by atoms with E-state index in [1.807, 2.05) is 0 Å². The molecule has 0 unspecified atom stereocenters.